The second kappa shape index (κ2) is 5.88. The second-order valence-corrected chi connectivity index (χ2v) is 6.34. The molecule has 1 unspecified atom stereocenters. The lowest BCUT2D eigenvalue weighted by atomic mass is 9.73. The molecule has 1 saturated carbocycles. The van der Waals surface area contributed by atoms with E-state index in [-0.39, 0.29) is 0 Å². The lowest BCUT2D eigenvalue weighted by Crippen LogP contribution is -2.43. The molecular weight excluding hydrogens is 218 g/mol. The van der Waals surface area contributed by atoms with Crippen LogP contribution in [0.25, 0.3) is 0 Å². The molecule has 1 aromatic rings. The first-order chi connectivity index (χ1) is 8.62. The molecule has 0 bridgehead atoms. The number of rotatable bonds is 4. The van der Waals surface area contributed by atoms with Gasteiger partial charge in [0.15, 0.2) is 0 Å². The molecule has 1 aromatic carbocycles. The highest BCUT2D eigenvalue weighted by molar-refractivity contribution is 5.22. The first kappa shape index (κ1) is 13.6. The number of nitrogens with one attached hydrogen (secondary N) is 1. The van der Waals surface area contributed by atoms with Gasteiger partial charge in [0.1, 0.15) is 0 Å². The van der Waals surface area contributed by atoms with Gasteiger partial charge in [0.2, 0.25) is 0 Å². The number of hydrogen-bond acceptors (Lipinski definition) is 1. The van der Waals surface area contributed by atoms with Crippen LogP contribution in [0.5, 0.6) is 0 Å². The molecule has 1 atom stereocenters. The van der Waals surface area contributed by atoms with Gasteiger partial charge in [-0.2, -0.15) is 0 Å². The Labute approximate surface area is 112 Å². The molecule has 1 heteroatoms. The predicted molar refractivity (Wildman–Crippen MR) is 78.7 cm³/mol. The van der Waals surface area contributed by atoms with Crippen molar-refractivity contribution in [3.63, 3.8) is 0 Å². The molecule has 0 saturated heterocycles. The van der Waals surface area contributed by atoms with E-state index in [1.807, 2.05) is 0 Å². The van der Waals surface area contributed by atoms with Gasteiger partial charge in [0, 0.05) is 12.6 Å². The van der Waals surface area contributed by atoms with Crippen molar-refractivity contribution < 1.29 is 0 Å². The molecule has 0 spiro atoms. The second-order valence-electron chi connectivity index (χ2n) is 6.34. The molecule has 1 N–H and O–H groups in total. The summed E-state index contributed by atoms with van der Waals surface area (Å²) < 4.78 is 0. The minimum atomic E-state index is 0.460. The summed E-state index contributed by atoms with van der Waals surface area (Å²) in [5.74, 6) is 0. The molecule has 0 aliphatic heterocycles. The maximum Gasteiger partial charge on any atom is 0.0208 e. The maximum absolute atomic E-state index is 3.77. The van der Waals surface area contributed by atoms with Gasteiger partial charge in [-0.1, -0.05) is 57.9 Å². The summed E-state index contributed by atoms with van der Waals surface area (Å²) in [6.07, 6.45) is 6.61. The third kappa shape index (κ3) is 3.35. The summed E-state index contributed by atoms with van der Waals surface area (Å²) in [7, 11) is 0. The lowest BCUT2D eigenvalue weighted by molar-refractivity contribution is 0.167. The standard InChI is InChI=1S/C17H27N/c1-4-14-8-10-15(11-9-14)13-18-16-7-5-6-12-17(16,2)3/h8-11,16,18H,4-7,12-13H2,1-3H3. The molecule has 0 aromatic heterocycles. The largest absolute Gasteiger partial charge is 0.309 e. The molecular formula is C17H27N. The van der Waals surface area contributed by atoms with Crippen molar-refractivity contribution in [1.29, 1.82) is 0 Å². The predicted octanol–water partition coefficient (Wildman–Crippen LogP) is 4.31. The number of benzene rings is 1. The topological polar surface area (TPSA) is 12.0 Å². The lowest BCUT2D eigenvalue weighted by Gasteiger charge is -2.39. The van der Waals surface area contributed by atoms with E-state index >= 15 is 0 Å². The Hall–Kier alpha value is -0.820. The van der Waals surface area contributed by atoms with Gasteiger partial charge in [0.25, 0.3) is 0 Å². The van der Waals surface area contributed by atoms with E-state index in [0.29, 0.717) is 11.5 Å². The van der Waals surface area contributed by atoms with Crippen molar-refractivity contribution in [3.05, 3.63) is 35.4 Å². The molecule has 100 valence electrons. The van der Waals surface area contributed by atoms with Crippen LogP contribution in [0.3, 0.4) is 0 Å². The highest BCUT2D eigenvalue weighted by atomic mass is 14.9. The van der Waals surface area contributed by atoms with E-state index < -0.39 is 0 Å². The smallest absolute Gasteiger partial charge is 0.0208 e. The molecule has 1 aliphatic carbocycles. The fourth-order valence-corrected chi connectivity index (χ4v) is 3.01. The van der Waals surface area contributed by atoms with Crippen molar-refractivity contribution in [2.75, 3.05) is 0 Å². The van der Waals surface area contributed by atoms with Crippen LogP contribution in [0, 0.1) is 5.41 Å². The van der Waals surface area contributed by atoms with Crippen molar-refractivity contribution in [2.24, 2.45) is 5.41 Å². The van der Waals surface area contributed by atoms with Crippen molar-refractivity contribution in [1.82, 2.24) is 5.32 Å². The molecule has 1 nitrogen and oxygen atoms in total. The zero-order chi connectivity index (χ0) is 13.0. The molecule has 1 aliphatic rings. The van der Waals surface area contributed by atoms with Gasteiger partial charge in [-0.05, 0) is 35.8 Å². The minimum Gasteiger partial charge on any atom is -0.309 e. The van der Waals surface area contributed by atoms with Gasteiger partial charge in [0.05, 0.1) is 0 Å². The average molecular weight is 245 g/mol. The normalized spacial score (nSPS) is 22.9. The van der Waals surface area contributed by atoms with Gasteiger partial charge in [-0.3, -0.25) is 0 Å². The van der Waals surface area contributed by atoms with E-state index in [0.717, 1.165) is 13.0 Å². The summed E-state index contributed by atoms with van der Waals surface area (Å²) in [5, 5.41) is 3.77. The Morgan fingerprint density at radius 1 is 1.11 bits per heavy atom. The van der Waals surface area contributed by atoms with Crippen LogP contribution in [-0.2, 0) is 13.0 Å². The molecule has 1 fully saturated rings. The number of hydrogen-bond donors (Lipinski definition) is 1. The summed E-state index contributed by atoms with van der Waals surface area (Å²) >= 11 is 0. The Morgan fingerprint density at radius 2 is 1.78 bits per heavy atom. The summed E-state index contributed by atoms with van der Waals surface area (Å²) in [6, 6.07) is 9.71. The Morgan fingerprint density at radius 3 is 2.39 bits per heavy atom. The van der Waals surface area contributed by atoms with Crippen LogP contribution in [0.4, 0.5) is 0 Å². The SMILES string of the molecule is CCc1ccc(CNC2CCCCC2(C)C)cc1. The van der Waals surface area contributed by atoms with Gasteiger partial charge in [-0.25, -0.2) is 0 Å². The van der Waals surface area contributed by atoms with Crippen LogP contribution < -0.4 is 5.32 Å². The van der Waals surface area contributed by atoms with E-state index in [4.69, 9.17) is 0 Å². The molecule has 2 rings (SSSR count). The van der Waals surface area contributed by atoms with Crippen LogP contribution in [0.1, 0.15) is 57.6 Å². The number of aryl methyl sites for hydroxylation is 1. The molecule has 0 heterocycles. The Kier molecular flexibility index (Phi) is 4.45. The van der Waals surface area contributed by atoms with Crippen molar-refractivity contribution in [2.45, 2.75) is 65.5 Å². The fourth-order valence-electron chi connectivity index (χ4n) is 3.01. The van der Waals surface area contributed by atoms with E-state index in [9.17, 15) is 0 Å². The zero-order valence-corrected chi connectivity index (χ0v) is 12.1. The molecule has 0 radical (unpaired) electrons. The molecule has 0 amide bonds. The molecule has 18 heavy (non-hydrogen) atoms. The van der Waals surface area contributed by atoms with Gasteiger partial charge < -0.3 is 5.32 Å². The van der Waals surface area contributed by atoms with Crippen molar-refractivity contribution in [3.8, 4) is 0 Å². The van der Waals surface area contributed by atoms with E-state index in [1.165, 1.54) is 36.8 Å². The summed E-state index contributed by atoms with van der Waals surface area (Å²) in [4.78, 5) is 0. The third-order valence-corrected chi connectivity index (χ3v) is 4.49. The van der Waals surface area contributed by atoms with Crippen LogP contribution in [0.2, 0.25) is 0 Å². The zero-order valence-electron chi connectivity index (χ0n) is 12.1. The van der Waals surface area contributed by atoms with E-state index in [1.54, 1.807) is 0 Å². The Balaban J connectivity index is 1.90. The average Bonchev–Trinajstić information content (AvgIpc) is 2.38. The third-order valence-electron chi connectivity index (χ3n) is 4.49. The van der Waals surface area contributed by atoms with Crippen molar-refractivity contribution >= 4 is 0 Å². The van der Waals surface area contributed by atoms with Crippen LogP contribution in [-0.4, -0.2) is 6.04 Å². The first-order valence-corrected chi connectivity index (χ1v) is 7.43. The van der Waals surface area contributed by atoms with Gasteiger partial charge >= 0.3 is 0 Å². The quantitative estimate of drug-likeness (QED) is 0.833. The highest BCUT2D eigenvalue weighted by Crippen LogP contribution is 2.35. The summed E-state index contributed by atoms with van der Waals surface area (Å²) in [5.41, 5.74) is 3.30. The van der Waals surface area contributed by atoms with E-state index in [2.05, 4.69) is 50.4 Å². The highest BCUT2D eigenvalue weighted by Gasteiger charge is 2.31. The van der Waals surface area contributed by atoms with Crippen LogP contribution >= 0.6 is 0 Å². The van der Waals surface area contributed by atoms with Crippen LogP contribution in [0.15, 0.2) is 24.3 Å². The Bertz CT molecular complexity index is 364. The van der Waals surface area contributed by atoms with Gasteiger partial charge in [-0.15, -0.1) is 0 Å². The fraction of sp³-hybridized carbons (Fsp3) is 0.647. The summed E-state index contributed by atoms with van der Waals surface area (Å²) in [6.45, 7) is 8.03. The maximum atomic E-state index is 3.77. The first-order valence-electron chi connectivity index (χ1n) is 7.43. The monoisotopic (exact) mass is 245 g/mol. The minimum absolute atomic E-state index is 0.460.